The average Bonchev–Trinajstić information content (AvgIpc) is 2.82. The molecule has 0 radical (unpaired) electrons. The number of likely N-dealkylation sites (tertiary alicyclic amines) is 1. The van der Waals surface area contributed by atoms with E-state index in [0.29, 0.717) is 26.2 Å². The van der Waals surface area contributed by atoms with E-state index in [1.807, 2.05) is 30.3 Å². The zero-order chi connectivity index (χ0) is 21.7. The Morgan fingerprint density at radius 3 is 2.30 bits per heavy atom. The van der Waals surface area contributed by atoms with Crippen LogP contribution in [0.1, 0.15) is 6.42 Å². The maximum atomic E-state index is 13.4. The summed E-state index contributed by atoms with van der Waals surface area (Å²) in [5.41, 5.74) is 2.70. The van der Waals surface area contributed by atoms with Crippen molar-refractivity contribution >= 4 is 23.6 Å². The van der Waals surface area contributed by atoms with Gasteiger partial charge >= 0.3 is 6.09 Å². The molecule has 164 valence electrons. The van der Waals surface area contributed by atoms with Crippen LogP contribution in [0.4, 0.5) is 10.5 Å². The second kappa shape index (κ2) is 9.77. The first-order valence-electron chi connectivity index (χ1n) is 9.90. The molecular formula is C20H28N4O6. The Labute approximate surface area is 175 Å². The summed E-state index contributed by atoms with van der Waals surface area (Å²) in [6.45, 7) is 2.32. The number of rotatable bonds is 4. The molecule has 0 spiro atoms. The van der Waals surface area contributed by atoms with E-state index in [1.165, 1.54) is 19.1 Å². The van der Waals surface area contributed by atoms with Crippen LogP contribution in [0.25, 0.3) is 0 Å². The summed E-state index contributed by atoms with van der Waals surface area (Å²) in [5, 5.41) is 9.19. The van der Waals surface area contributed by atoms with Crippen molar-refractivity contribution in [3.8, 4) is 0 Å². The molecule has 2 aliphatic rings. The second-order valence-corrected chi connectivity index (χ2v) is 7.39. The summed E-state index contributed by atoms with van der Waals surface area (Å²) in [5.74, 6) is -2.02. The number of nitrogens with zero attached hydrogens (tertiary/aromatic N) is 3. The van der Waals surface area contributed by atoms with Gasteiger partial charge in [0, 0.05) is 39.0 Å². The Morgan fingerprint density at radius 2 is 1.73 bits per heavy atom. The summed E-state index contributed by atoms with van der Waals surface area (Å²) in [7, 11) is 2.69. The number of amides is 3. The number of nitrogens with one attached hydrogen (secondary N) is 1. The molecule has 0 aromatic heterocycles. The van der Waals surface area contributed by atoms with Crippen LogP contribution in [0.2, 0.25) is 0 Å². The number of piperazine rings is 1. The SMILES string of the molecule is COC(=O)N1C[C@@H](OC)C[C@H](C(=O)NO)[C@H]1C(=O)N1CCN(c2ccccc2)CC1. The topological polar surface area (TPSA) is 112 Å². The molecule has 0 bridgehead atoms. The Bertz CT molecular complexity index is 727. The number of carbonyl (C=O) groups excluding carboxylic acids is 3. The molecule has 0 unspecified atom stereocenters. The molecule has 3 atom stereocenters. The number of ether oxygens (including phenoxy) is 2. The van der Waals surface area contributed by atoms with E-state index in [4.69, 9.17) is 9.47 Å². The summed E-state index contributed by atoms with van der Waals surface area (Å²) in [6.07, 6.45) is -0.962. The van der Waals surface area contributed by atoms with E-state index in [1.54, 1.807) is 10.4 Å². The first-order chi connectivity index (χ1) is 14.5. The lowest BCUT2D eigenvalue weighted by molar-refractivity contribution is -0.152. The molecule has 2 N–H and O–H groups in total. The predicted molar refractivity (Wildman–Crippen MR) is 107 cm³/mol. The fourth-order valence-corrected chi connectivity index (χ4v) is 4.16. The van der Waals surface area contributed by atoms with Crippen LogP contribution in [-0.2, 0) is 19.1 Å². The normalized spacial score (nSPS) is 24.4. The van der Waals surface area contributed by atoms with Gasteiger partial charge in [-0.2, -0.15) is 0 Å². The minimum Gasteiger partial charge on any atom is -0.453 e. The molecule has 2 heterocycles. The van der Waals surface area contributed by atoms with E-state index in [9.17, 15) is 19.6 Å². The highest BCUT2D eigenvalue weighted by Crippen LogP contribution is 2.28. The van der Waals surface area contributed by atoms with Crippen LogP contribution in [0.5, 0.6) is 0 Å². The third-order valence-electron chi connectivity index (χ3n) is 5.79. The fraction of sp³-hybridized carbons (Fsp3) is 0.550. The molecule has 3 amide bonds. The van der Waals surface area contributed by atoms with E-state index in [0.717, 1.165) is 5.69 Å². The standard InChI is InChI=1S/C20H28N4O6/c1-29-15-12-16(18(25)21-28)17(24(13-15)20(27)30-2)19(26)23-10-8-22(9-11-23)14-6-4-3-5-7-14/h3-7,15-17,28H,8-13H2,1-2H3,(H,21,25)/t15-,16-,17-/m0/s1. The smallest absolute Gasteiger partial charge is 0.410 e. The van der Waals surface area contributed by atoms with Crippen LogP contribution < -0.4 is 10.4 Å². The number of piperidine rings is 1. The average molecular weight is 420 g/mol. The highest BCUT2D eigenvalue weighted by Gasteiger charge is 2.48. The molecule has 1 aromatic rings. The Morgan fingerprint density at radius 1 is 1.07 bits per heavy atom. The van der Waals surface area contributed by atoms with Crippen molar-refractivity contribution in [2.75, 3.05) is 51.8 Å². The maximum absolute atomic E-state index is 13.4. The van der Waals surface area contributed by atoms with Gasteiger partial charge in [0.2, 0.25) is 11.8 Å². The lowest BCUT2D eigenvalue weighted by Gasteiger charge is -2.44. The van der Waals surface area contributed by atoms with Crippen LogP contribution in [0, 0.1) is 5.92 Å². The third-order valence-corrected chi connectivity index (χ3v) is 5.79. The Kier molecular flexibility index (Phi) is 7.11. The van der Waals surface area contributed by atoms with Gasteiger partial charge in [0.1, 0.15) is 6.04 Å². The lowest BCUT2D eigenvalue weighted by atomic mass is 9.86. The zero-order valence-corrected chi connectivity index (χ0v) is 17.2. The summed E-state index contributed by atoms with van der Waals surface area (Å²) >= 11 is 0. The van der Waals surface area contributed by atoms with Crippen molar-refractivity contribution in [2.24, 2.45) is 5.92 Å². The number of hydroxylamine groups is 1. The number of benzene rings is 1. The van der Waals surface area contributed by atoms with Gasteiger partial charge in [0.05, 0.1) is 25.7 Å². The first-order valence-corrected chi connectivity index (χ1v) is 9.90. The summed E-state index contributed by atoms with van der Waals surface area (Å²) in [6, 6.07) is 8.85. The molecule has 30 heavy (non-hydrogen) atoms. The zero-order valence-electron chi connectivity index (χ0n) is 17.2. The minimum atomic E-state index is -1.07. The van der Waals surface area contributed by atoms with Crippen molar-refractivity contribution in [3.63, 3.8) is 0 Å². The van der Waals surface area contributed by atoms with Gasteiger partial charge in [-0.25, -0.2) is 10.3 Å². The van der Waals surface area contributed by atoms with Gasteiger partial charge in [-0.15, -0.1) is 0 Å². The lowest BCUT2D eigenvalue weighted by Crippen LogP contribution is -2.64. The Hall–Kier alpha value is -2.85. The van der Waals surface area contributed by atoms with Gasteiger partial charge in [0.25, 0.3) is 0 Å². The number of methoxy groups -OCH3 is 2. The Balaban J connectivity index is 1.78. The van der Waals surface area contributed by atoms with E-state index < -0.39 is 30.1 Å². The first kappa shape index (κ1) is 21.8. The van der Waals surface area contributed by atoms with Crippen LogP contribution >= 0.6 is 0 Å². The molecule has 2 saturated heterocycles. The third kappa shape index (κ3) is 4.49. The molecule has 2 fully saturated rings. The number of hydrogen-bond acceptors (Lipinski definition) is 7. The van der Waals surface area contributed by atoms with Crippen molar-refractivity contribution in [1.29, 1.82) is 0 Å². The van der Waals surface area contributed by atoms with Crippen LogP contribution in [0.15, 0.2) is 30.3 Å². The molecule has 10 heteroatoms. The largest absolute Gasteiger partial charge is 0.453 e. The van der Waals surface area contributed by atoms with E-state index >= 15 is 0 Å². The van der Waals surface area contributed by atoms with E-state index in [2.05, 4.69) is 4.90 Å². The van der Waals surface area contributed by atoms with Gasteiger partial charge in [0.15, 0.2) is 0 Å². The maximum Gasteiger partial charge on any atom is 0.410 e. The molecule has 2 aliphatic heterocycles. The highest BCUT2D eigenvalue weighted by atomic mass is 16.5. The van der Waals surface area contributed by atoms with Gasteiger partial charge < -0.3 is 19.3 Å². The summed E-state index contributed by atoms with van der Waals surface area (Å²) < 4.78 is 10.2. The predicted octanol–water partition coefficient (Wildman–Crippen LogP) is 0.313. The van der Waals surface area contributed by atoms with Crippen molar-refractivity contribution in [2.45, 2.75) is 18.6 Å². The number of hydrogen-bond donors (Lipinski definition) is 2. The number of anilines is 1. The van der Waals surface area contributed by atoms with Gasteiger partial charge in [-0.05, 0) is 18.6 Å². The number of carbonyl (C=O) groups is 3. The van der Waals surface area contributed by atoms with Crippen molar-refractivity contribution < 1.29 is 29.1 Å². The quantitative estimate of drug-likeness (QED) is 0.533. The molecule has 3 rings (SSSR count). The highest BCUT2D eigenvalue weighted by molar-refractivity contribution is 5.92. The van der Waals surface area contributed by atoms with Crippen molar-refractivity contribution in [1.82, 2.24) is 15.3 Å². The van der Waals surface area contributed by atoms with Crippen LogP contribution in [0.3, 0.4) is 0 Å². The fourth-order valence-electron chi connectivity index (χ4n) is 4.16. The summed E-state index contributed by atoms with van der Waals surface area (Å²) in [4.78, 5) is 43.2. The monoisotopic (exact) mass is 420 g/mol. The minimum absolute atomic E-state index is 0.124. The van der Waals surface area contributed by atoms with Crippen LogP contribution in [-0.4, -0.2) is 92.0 Å². The molecule has 0 saturated carbocycles. The molecular weight excluding hydrogens is 392 g/mol. The molecule has 1 aromatic carbocycles. The van der Waals surface area contributed by atoms with Crippen molar-refractivity contribution in [3.05, 3.63) is 30.3 Å². The van der Waals surface area contributed by atoms with Gasteiger partial charge in [-0.3, -0.25) is 19.7 Å². The molecule has 0 aliphatic carbocycles. The second-order valence-electron chi connectivity index (χ2n) is 7.39. The molecule has 10 nitrogen and oxygen atoms in total. The van der Waals surface area contributed by atoms with E-state index in [-0.39, 0.29) is 18.9 Å². The number of para-hydroxylation sites is 1. The van der Waals surface area contributed by atoms with Gasteiger partial charge in [-0.1, -0.05) is 18.2 Å².